The van der Waals surface area contributed by atoms with E-state index in [-0.39, 0.29) is 0 Å². The van der Waals surface area contributed by atoms with Crippen LogP contribution in [0.2, 0.25) is 0 Å². The quantitative estimate of drug-likeness (QED) is 0.689. The first-order valence-corrected chi connectivity index (χ1v) is 7.30. The molecule has 5 nitrogen and oxygen atoms in total. The average molecular weight is 289 g/mol. The van der Waals surface area contributed by atoms with Gasteiger partial charge < -0.3 is 15.2 Å². The van der Waals surface area contributed by atoms with E-state index in [1.165, 1.54) is 0 Å². The number of aliphatic hydroxyl groups is 1. The first kappa shape index (κ1) is 15.5. The number of ether oxygens (including phenoxy) is 1. The summed E-state index contributed by atoms with van der Waals surface area (Å²) in [4.78, 5) is 0. The molecule has 0 fully saturated rings. The molecule has 1 atom stereocenters. The maximum absolute atomic E-state index is 9.88. The minimum atomic E-state index is -0.505. The molecule has 2 N–H and O–H groups in total. The molecular formula is C16H23N3O2. The number of hydrogen-bond acceptors (Lipinski definition) is 4. The van der Waals surface area contributed by atoms with Crippen LogP contribution >= 0.6 is 0 Å². The highest BCUT2D eigenvalue weighted by atomic mass is 16.5. The van der Waals surface area contributed by atoms with E-state index < -0.39 is 6.10 Å². The van der Waals surface area contributed by atoms with Gasteiger partial charge in [-0.05, 0) is 37.6 Å². The van der Waals surface area contributed by atoms with Crippen LogP contribution in [0.1, 0.15) is 12.0 Å². The molecule has 2 aromatic rings. The molecule has 1 heterocycles. The van der Waals surface area contributed by atoms with Crippen LogP contribution in [-0.4, -0.2) is 40.7 Å². The molecule has 0 spiro atoms. The van der Waals surface area contributed by atoms with E-state index in [2.05, 4.69) is 10.4 Å². The number of benzene rings is 1. The van der Waals surface area contributed by atoms with Gasteiger partial charge in [-0.15, -0.1) is 0 Å². The van der Waals surface area contributed by atoms with Gasteiger partial charge in [-0.1, -0.05) is 18.2 Å². The monoisotopic (exact) mass is 289 g/mol. The number of aryl methyl sites for hydroxylation is 2. The van der Waals surface area contributed by atoms with E-state index in [4.69, 9.17) is 4.74 Å². The normalized spacial score (nSPS) is 12.3. The Morgan fingerprint density at radius 1 is 1.33 bits per heavy atom. The number of hydrogen-bond donors (Lipinski definition) is 2. The lowest BCUT2D eigenvalue weighted by Gasteiger charge is -2.14. The number of para-hydroxylation sites is 1. The molecule has 114 valence electrons. The van der Waals surface area contributed by atoms with Crippen molar-refractivity contribution in [3.63, 3.8) is 0 Å². The molecule has 1 aromatic heterocycles. The SMILES string of the molecule is Cc1ccccc1OCC(O)CNCCCn1cccn1. The van der Waals surface area contributed by atoms with E-state index in [1.807, 2.05) is 48.1 Å². The second-order valence-corrected chi connectivity index (χ2v) is 5.06. The van der Waals surface area contributed by atoms with Gasteiger partial charge in [0.25, 0.3) is 0 Å². The molecule has 0 saturated heterocycles. The fourth-order valence-corrected chi connectivity index (χ4v) is 2.03. The van der Waals surface area contributed by atoms with Gasteiger partial charge in [0.1, 0.15) is 18.5 Å². The van der Waals surface area contributed by atoms with Gasteiger partial charge >= 0.3 is 0 Å². The predicted molar refractivity (Wildman–Crippen MR) is 82.4 cm³/mol. The molecule has 5 heteroatoms. The summed E-state index contributed by atoms with van der Waals surface area (Å²) in [6.45, 7) is 4.56. The van der Waals surface area contributed by atoms with Crippen LogP contribution < -0.4 is 10.1 Å². The molecule has 0 bridgehead atoms. The fraction of sp³-hybridized carbons (Fsp3) is 0.438. The highest BCUT2D eigenvalue weighted by molar-refractivity contribution is 5.31. The minimum absolute atomic E-state index is 0.303. The Kier molecular flexibility index (Phi) is 6.24. The van der Waals surface area contributed by atoms with Crippen molar-refractivity contribution in [2.45, 2.75) is 26.0 Å². The maximum Gasteiger partial charge on any atom is 0.122 e. The number of aliphatic hydroxyl groups excluding tert-OH is 1. The van der Waals surface area contributed by atoms with E-state index >= 15 is 0 Å². The Morgan fingerprint density at radius 3 is 2.95 bits per heavy atom. The molecule has 1 aromatic carbocycles. The molecule has 0 radical (unpaired) electrons. The molecular weight excluding hydrogens is 266 g/mol. The number of nitrogens with one attached hydrogen (secondary N) is 1. The topological polar surface area (TPSA) is 59.3 Å². The van der Waals surface area contributed by atoms with Crippen molar-refractivity contribution in [3.05, 3.63) is 48.3 Å². The Hall–Kier alpha value is -1.85. The molecule has 0 aliphatic rings. The van der Waals surface area contributed by atoms with Gasteiger partial charge in [0.2, 0.25) is 0 Å². The Bertz CT molecular complexity index is 514. The van der Waals surface area contributed by atoms with Crippen LogP contribution in [-0.2, 0) is 6.54 Å². The predicted octanol–water partition coefficient (Wildman–Crippen LogP) is 1.61. The first-order chi connectivity index (χ1) is 10.3. The maximum atomic E-state index is 9.88. The molecule has 1 unspecified atom stereocenters. The second-order valence-electron chi connectivity index (χ2n) is 5.06. The van der Waals surface area contributed by atoms with Gasteiger partial charge in [-0.3, -0.25) is 4.68 Å². The van der Waals surface area contributed by atoms with Gasteiger partial charge in [0.05, 0.1) is 0 Å². The summed E-state index contributed by atoms with van der Waals surface area (Å²) in [6.07, 6.45) is 4.20. The summed E-state index contributed by atoms with van der Waals surface area (Å²) < 4.78 is 7.51. The molecule has 0 saturated carbocycles. The van der Waals surface area contributed by atoms with Crippen molar-refractivity contribution in [2.24, 2.45) is 0 Å². The molecule has 21 heavy (non-hydrogen) atoms. The smallest absolute Gasteiger partial charge is 0.122 e. The lowest BCUT2D eigenvalue weighted by atomic mass is 10.2. The van der Waals surface area contributed by atoms with E-state index in [9.17, 15) is 5.11 Å². The molecule has 0 aliphatic heterocycles. The number of aromatic nitrogens is 2. The van der Waals surface area contributed by atoms with Crippen LogP contribution in [0.3, 0.4) is 0 Å². The number of rotatable bonds is 9. The zero-order valence-corrected chi connectivity index (χ0v) is 12.4. The van der Waals surface area contributed by atoms with Crippen molar-refractivity contribution < 1.29 is 9.84 Å². The standard InChI is InChI=1S/C16H23N3O2/c1-14-6-2-3-7-16(14)21-13-15(20)12-17-8-4-10-19-11-5-9-18-19/h2-3,5-7,9,11,15,17,20H,4,8,10,12-13H2,1H3. The van der Waals surface area contributed by atoms with Crippen LogP contribution in [0.4, 0.5) is 0 Å². The number of nitrogens with zero attached hydrogens (tertiary/aromatic N) is 2. The third kappa shape index (κ3) is 5.57. The lowest BCUT2D eigenvalue weighted by molar-refractivity contribution is 0.106. The van der Waals surface area contributed by atoms with E-state index in [0.29, 0.717) is 13.2 Å². The summed E-state index contributed by atoms with van der Waals surface area (Å²) in [5.41, 5.74) is 1.08. The van der Waals surface area contributed by atoms with E-state index in [0.717, 1.165) is 30.8 Å². The van der Waals surface area contributed by atoms with Crippen LogP contribution in [0.5, 0.6) is 5.75 Å². The lowest BCUT2D eigenvalue weighted by Crippen LogP contribution is -2.32. The first-order valence-electron chi connectivity index (χ1n) is 7.30. The van der Waals surface area contributed by atoms with Gasteiger partial charge in [0, 0.05) is 25.5 Å². The Labute approximate surface area is 125 Å². The second kappa shape index (κ2) is 8.44. The van der Waals surface area contributed by atoms with Crippen molar-refractivity contribution in [2.75, 3.05) is 19.7 Å². The average Bonchev–Trinajstić information content (AvgIpc) is 2.99. The summed E-state index contributed by atoms with van der Waals surface area (Å²) in [7, 11) is 0. The summed E-state index contributed by atoms with van der Waals surface area (Å²) in [5.74, 6) is 0.829. The van der Waals surface area contributed by atoms with Crippen molar-refractivity contribution >= 4 is 0 Å². The zero-order chi connectivity index (χ0) is 14.9. The van der Waals surface area contributed by atoms with Crippen molar-refractivity contribution in [1.82, 2.24) is 15.1 Å². The van der Waals surface area contributed by atoms with Crippen molar-refractivity contribution in [3.8, 4) is 5.75 Å². The molecule has 2 rings (SSSR count). The fourth-order valence-electron chi connectivity index (χ4n) is 2.03. The minimum Gasteiger partial charge on any atom is -0.491 e. The zero-order valence-electron chi connectivity index (χ0n) is 12.4. The summed E-state index contributed by atoms with van der Waals surface area (Å²) in [6, 6.07) is 9.73. The third-order valence-corrected chi connectivity index (χ3v) is 3.20. The molecule has 0 aliphatic carbocycles. The Balaban J connectivity index is 1.55. The van der Waals surface area contributed by atoms with Crippen LogP contribution in [0.25, 0.3) is 0 Å². The highest BCUT2D eigenvalue weighted by Crippen LogP contribution is 2.16. The van der Waals surface area contributed by atoms with Gasteiger partial charge in [-0.25, -0.2) is 0 Å². The highest BCUT2D eigenvalue weighted by Gasteiger charge is 2.05. The van der Waals surface area contributed by atoms with Crippen LogP contribution in [0, 0.1) is 6.92 Å². The Morgan fingerprint density at radius 2 is 2.19 bits per heavy atom. The van der Waals surface area contributed by atoms with Crippen molar-refractivity contribution in [1.29, 1.82) is 0 Å². The van der Waals surface area contributed by atoms with Gasteiger partial charge in [0.15, 0.2) is 0 Å². The van der Waals surface area contributed by atoms with Crippen LogP contribution in [0.15, 0.2) is 42.7 Å². The van der Waals surface area contributed by atoms with E-state index in [1.54, 1.807) is 6.20 Å². The third-order valence-electron chi connectivity index (χ3n) is 3.20. The van der Waals surface area contributed by atoms with Gasteiger partial charge in [-0.2, -0.15) is 5.10 Å². The largest absolute Gasteiger partial charge is 0.491 e. The summed E-state index contributed by atoms with van der Waals surface area (Å²) in [5, 5.41) is 17.2. The summed E-state index contributed by atoms with van der Waals surface area (Å²) >= 11 is 0. The molecule has 0 amide bonds.